The third kappa shape index (κ3) is 4.26. The predicted octanol–water partition coefficient (Wildman–Crippen LogP) is 6.09. The molecule has 1 heterocycles. The summed E-state index contributed by atoms with van der Waals surface area (Å²) in [7, 11) is 0. The van der Waals surface area contributed by atoms with Crippen LogP contribution in [-0.4, -0.2) is 5.16 Å². The second kappa shape index (κ2) is 8.09. The number of ether oxygens (including phenoxy) is 2. The molecule has 0 aliphatic heterocycles. The lowest BCUT2D eigenvalue weighted by atomic mass is 9.87. The zero-order valence-corrected chi connectivity index (χ0v) is 14.8. The first-order chi connectivity index (χ1) is 12.9. The number of nitrogens with zero attached hydrogens (tertiary/aromatic N) is 1. The highest BCUT2D eigenvalue weighted by atomic mass is 16.5. The fraction of sp³-hybridized carbons (Fsp3) is 0.318. The van der Waals surface area contributed by atoms with Gasteiger partial charge in [0.25, 0.3) is 0 Å². The Morgan fingerprint density at radius 2 is 1.54 bits per heavy atom. The third-order valence-electron chi connectivity index (χ3n) is 4.78. The Hall–Kier alpha value is -2.75. The van der Waals surface area contributed by atoms with Crippen molar-refractivity contribution in [3.63, 3.8) is 0 Å². The third-order valence-corrected chi connectivity index (χ3v) is 4.78. The van der Waals surface area contributed by atoms with Gasteiger partial charge in [0.1, 0.15) is 23.9 Å². The molecule has 0 amide bonds. The number of para-hydroxylation sites is 1. The summed E-state index contributed by atoms with van der Waals surface area (Å²) < 4.78 is 17.0. The van der Waals surface area contributed by atoms with Gasteiger partial charge in [0.2, 0.25) is 0 Å². The van der Waals surface area contributed by atoms with Gasteiger partial charge >= 0.3 is 0 Å². The number of hydrogen-bond donors (Lipinski definition) is 0. The van der Waals surface area contributed by atoms with Crippen LogP contribution in [0.15, 0.2) is 65.2 Å². The highest BCUT2D eigenvalue weighted by Gasteiger charge is 2.19. The first kappa shape index (κ1) is 16.7. The highest BCUT2D eigenvalue weighted by molar-refractivity contribution is 5.35. The molecule has 1 aliphatic carbocycles. The summed E-state index contributed by atoms with van der Waals surface area (Å²) in [5.74, 6) is 3.70. The van der Waals surface area contributed by atoms with Gasteiger partial charge in [-0.15, -0.1) is 0 Å². The number of benzene rings is 2. The van der Waals surface area contributed by atoms with Gasteiger partial charge in [-0.05, 0) is 49.2 Å². The van der Waals surface area contributed by atoms with E-state index in [9.17, 15) is 0 Å². The number of rotatable bonds is 6. The maximum atomic E-state index is 5.81. The topological polar surface area (TPSA) is 44.5 Å². The second-order valence-corrected chi connectivity index (χ2v) is 6.73. The van der Waals surface area contributed by atoms with Gasteiger partial charge in [-0.25, -0.2) is 0 Å². The molecule has 4 heteroatoms. The predicted molar refractivity (Wildman–Crippen MR) is 99.6 cm³/mol. The molecule has 0 bridgehead atoms. The Kier molecular flexibility index (Phi) is 5.19. The molecule has 0 N–H and O–H groups in total. The Balaban J connectivity index is 1.31. The van der Waals surface area contributed by atoms with E-state index in [4.69, 9.17) is 14.0 Å². The summed E-state index contributed by atoms with van der Waals surface area (Å²) in [4.78, 5) is 0. The molecule has 134 valence electrons. The fourth-order valence-electron chi connectivity index (χ4n) is 3.37. The van der Waals surface area contributed by atoms with Crippen molar-refractivity contribution in [1.82, 2.24) is 5.16 Å². The van der Waals surface area contributed by atoms with Crippen molar-refractivity contribution >= 4 is 0 Å². The fourth-order valence-corrected chi connectivity index (χ4v) is 3.37. The highest BCUT2D eigenvalue weighted by Crippen LogP contribution is 2.32. The van der Waals surface area contributed by atoms with Crippen LogP contribution in [-0.2, 0) is 6.61 Å². The molecule has 0 atom stereocenters. The molecule has 1 aromatic heterocycles. The average Bonchev–Trinajstić information content (AvgIpc) is 3.18. The molecule has 1 fully saturated rings. The molecule has 4 rings (SSSR count). The number of hydrogen-bond acceptors (Lipinski definition) is 4. The van der Waals surface area contributed by atoms with Crippen LogP contribution >= 0.6 is 0 Å². The molecule has 1 saturated carbocycles. The summed E-state index contributed by atoms with van der Waals surface area (Å²) >= 11 is 0. The Labute approximate surface area is 153 Å². The van der Waals surface area contributed by atoms with Gasteiger partial charge in [-0.1, -0.05) is 42.6 Å². The van der Waals surface area contributed by atoms with Crippen LogP contribution in [0, 0.1) is 0 Å². The maximum absolute atomic E-state index is 5.81. The van der Waals surface area contributed by atoms with E-state index in [1.165, 1.54) is 32.1 Å². The van der Waals surface area contributed by atoms with Gasteiger partial charge < -0.3 is 14.0 Å². The normalized spacial score (nSPS) is 14.9. The van der Waals surface area contributed by atoms with E-state index >= 15 is 0 Å². The summed E-state index contributed by atoms with van der Waals surface area (Å²) in [6.45, 7) is 0.388. The van der Waals surface area contributed by atoms with Gasteiger partial charge in [0, 0.05) is 12.0 Å². The summed E-state index contributed by atoms with van der Waals surface area (Å²) in [5.41, 5.74) is 1.08. The molecule has 0 spiro atoms. The molecular formula is C22H23NO3. The monoisotopic (exact) mass is 349 g/mol. The Bertz CT molecular complexity index is 805. The smallest absolute Gasteiger partial charge is 0.174 e. The van der Waals surface area contributed by atoms with Crippen LogP contribution < -0.4 is 9.47 Å². The zero-order valence-electron chi connectivity index (χ0n) is 14.8. The van der Waals surface area contributed by atoms with Gasteiger partial charge in [-0.3, -0.25) is 0 Å². The van der Waals surface area contributed by atoms with Crippen molar-refractivity contribution in [3.05, 3.63) is 72.1 Å². The SMILES string of the molecule is c1ccc(Oc2ccc(OCc3cc(C4CCCCC4)no3)cc2)cc1. The molecule has 2 aromatic carbocycles. The van der Waals surface area contributed by atoms with Gasteiger partial charge in [0.05, 0.1) is 5.69 Å². The van der Waals surface area contributed by atoms with E-state index in [1.54, 1.807) is 0 Å². The summed E-state index contributed by atoms with van der Waals surface area (Å²) in [5, 5.41) is 4.24. The molecular weight excluding hydrogens is 326 g/mol. The van der Waals surface area contributed by atoms with Crippen LogP contribution in [0.2, 0.25) is 0 Å². The standard InChI is InChI=1S/C22H23NO3/c1-3-7-17(8-4-1)22-15-21(26-23-22)16-24-18-11-13-20(14-12-18)25-19-9-5-2-6-10-19/h2,5-6,9-15,17H,1,3-4,7-8,16H2. The first-order valence-electron chi connectivity index (χ1n) is 9.28. The lowest BCUT2D eigenvalue weighted by molar-refractivity contribution is 0.247. The van der Waals surface area contributed by atoms with Crippen LogP contribution in [0.5, 0.6) is 17.2 Å². The molecule has 4 nitrogen and oxygen atoms in total. The van der Waals surface area contributed by atoms with E-state index < -0.39 is 0 Å². The molecule has 26 heavy (non-hydrogen) atoms. The van der Waals surface area contributed by atoms with Gasteiger partial charge in [0.15, 0.2) is 5.76 Å². The zero-order chi connectivity index (χ0) is 17.6. The maximum Gasteiger partial charge on any atom is 0.174 e. The summed E-state index contributed by atoms with van der Waals surface area (Å²) in [6, 6.07) is 19.4. The molecule has 0 radical (unpaired) electrons. The van der Waals surface area contributed by atoms with E-state index in [1.807, 2.05) is 60.7 Å². The Morgan fingerprint density at radius 3 is 2.31 bits per heavy atom. The molecule has 3 aromatic rings. The average molecular weight is 349 g/mol. The summed E-state index contributed by atoms with van der Waals surface area (Å²) in [6.07, 6.45) is 6.36. The van der Waals surface area contributed by atoms with Crippen LogP contribution in [0.3, 0.4) is 0 Å². The minimum absolute atomic E-state index is 0.388. The van der Waals surface area contributed by atoms with Crippen molar-refractivity contribution < 1.29 is 14.0 Å². The molecule has 0 unspecified atom stereocenters. The quantitative estimate of drug-likeness (QED) is 0.540. The van der Waals surface area contributed by atoms with Crippen LogP contribution in [0.1, 0.15) is 49.5 Å². The van der Waals surface area contributed by atoms with Crippen molar-refractivity contribution in [2.75, 3.05) is 0 Å². The van der Waals surface area contributed by atoms with E-state index in [0.29, 0.717) is 12.5 Å². The minimum Gasteiger partial charge on any atom is -0.486 e. The van der Waals surface area contributed by atoms with Crippen molar-refractivity contribution in [1.29, 1.82) is 0 Å². The lowest BCUT2D eigenvalue weighted by Crippen LogP contribution is -2.04. The van der Waals surface area contributed by atoms with Gasteiger partial charge in [-0.2, -0.15) is 0 Å². The molecule has 0 saturated heterocycles. The van der Waals surface area contributed by atoms with Crippen molar-refractivity contribution in [2.45, 2.75) is 44.6 Å². The van der Waals surface area contributed by atoms with Crippen molar-refractivity contribution in [2.24, 2.45) is 0 Å². The Morgan fingerprint density at radius 1 is 0.846 bits per heavy atom. The number of aromatic nitrogens is 1. The molecule has 1 aliphatic rings. The second-order valence-electron chi connectivity index (χ2n) is 6.73. The minimum atomic E-state index is 0.388. The van der Waals surface area contributed by atoms with Crippen LogP contribution in [0.25, 0.3) is 0 Å². The van der Waals surface area contributed by atoms with Crippen LogP contribution in [0.4, 0.5) is 0 Å². The van der Waals surface area contributed by atoms with E-state index in [-0.39, 0.29) is 0 Å². The van der Waals surface area contributed by atoms with E-state index in [2.05, 4.69) is 5.16 Å². The lowest BCUT2D eigenvalue weighted by Gasteiger charge is -2.18. The largest absolute Gasteiger partial charge is 0.486 e. The first-order valence-corrected chi connectivity index (χ1v) is 9.28. The van der Waals surface area contributed by atoms with E-state index in [0.717, 1.165) is 28.7 Å². The van der Waals surface area contributed by atoms with Crippen molar-refractivity contribution in [3.8, 4) is 17.2 Å².